The molecule has 4 aromatic rings. The van der Waals surface area contributed by atoms with Crippen LogP contribution in [0.4, 0.5) is 4.39 Å². The zero-order valence-electron chi connectivity index (χ0n) is 20.8. The first-order chi connectivity index (χ1) is 17.7. The number of pyridine rings is 1. The molecule has 2 N–H and O–H groups in total. The third kappa shape index (κ3) is 4.30. The minimum absolute atomic E-state index is 0.0280. The zero-order chi connectivity index (χ0) is 25.9. The molecule has 0 radical (unpaired) electrons. The number of aryl methyl sites for hydroxylation is 1. The Labute approximate surface area is 217 Å². The van der Waals surface area contributed by atoms with Gasteiger partial charge in [0.25, 0.3) is 5.91 Å². The maximum atomic E-state index is 13.4. The summed E-state index contributed by atoms with van der Waals surface area (Å²) in [4.78, 5) is 24.1. The van der Waals surface area contributed by atoms with E-state index in [1.807, 2.05) is 36.3 Å². The van der Waals surface area contributed by atoms with Gasteiger partial charge in [-0.2, -0.15) is 5.10 Å². The molecule has 4 heterocycles. The van der Waals surface area contributed by atoms with Gasteiger partial charge < -0.3 is 15.4 Å². The van der Waals surface area contributed by atoms with Crippen molar-refractivity contribution in [2.45, 2.75) is 38.0 Å². The van der Waals surface area contributed by atoms with Crippen LogP contribution in [-0.4, -0.2) is 49.2 Å². The summed E-state index contributed by atoms with van der Waals surface area (Å²) >= 11 is 1.50. The molecule has 1 saturated carbocycles. The molecule has 1 aromatic carbocycles. The van der Waals surface area contributed by atoms with Gasteiger partial charge in [-0.15, -0.1) is 11.3 Å². The van der Waals surface area contributed by atoms with Gasteiger partial charge in [-0.25, -0.2) is 14.4 Å². The standard InChI is InChI=1S/C27H27FN6O2S/c1-27(2,29)16-8-19(15-4-6-17(28)7-5-15)31-25(9-16)36-24-11-22-18(24)12-34(22)26(35)23-10-20(32-33(23)3)21-13-37-14-30-21/h4-10,13-14,18,22,24H,11-12,29H2,1-3H3/t18-,22-,24-/m1/s1. The van der Waals surface area contributed by atoms with Crippen molar-refractivity contribution in [3.8, 4) is 28.5 Å². The summed E-state index contributed by atoms with van der Waals surface area (Å²) in [5, 5.41) is 6.38. The smallest absolute Gasteiger partial charge is 0.272 e. The molecule has 3 atom stereocenters. The highest BCUT2D eigenvalue weighted by molar-refractivity contribution is 7.07. The number of thiazole rings is 1. The number of amides is 1. The Kier molecular flexibility index (Phi) is 5.61. The lowest BCUT2D eigenvalue weighted by Gasteiger charge is -2.59. The van der Waals surface area contributed by atoms with Gasteiger partial charge in [0, 0.05) is 54.5 Å². The van der Waals surface area contributed by atoms with Crippen LogP contribution in [0.1, 0.15) is 36.3 Å². The molecule has 1 amide bonds. The number of likely N-dealkylation sites (tertiary alicyclic amines) is 1. The molecule has 190 valence electrons. The number of carbonyl (C=O) groups excluding carboxylic acids is 1. The molecule has 0 unspecified atom stereocenters. The highest BCUT2D eigenvalue weighted by atomic mass is 32.1. The predicted octanol–water partition coefficient (Wildman–Crippen LogP) is 4.23. The van der Waals surface area contributed by atoms with E-state index in [4.69, 9.17) is 15.5 Å². The summed E-state index contributed by atoms with van der Waals surface area (Å²) in [6.45, 7) is 4.47. The van der Waals surface area contributed by atoms with E-state index in [0.29, 0.717) is 29.5 Å². The largest absolute Gasteiger partial charge is 0.474 e. The predicted molar refractivity (Wildman–Crippen MR) is 139 cm³/mol. The second-order valence-corrected chi connectivity index (χ2v) is 11.0. The molecule has 6 rings (SSSR count). The van der Waals surface area contributed by atoms with Crippen LogP contribution in [0.5, 0.6) is 5.88 Å². The molecule has 3 aromatic heterocycles. The molecule has 0 bridgehead atoms. The Hall–Kier alpha value is -3.63. The number of halogens is 1. The molecule has 8 nitrogen and oxygen atoms in total. The Morgan fingerprint density at radius 1 is 1.16 bits per heavy atom. The van der Waals surface area contributed by atoms with Crippen LogP contribution >= 0.6 is 11.3 Å². The summed E-state index contributed by atoms with van der Waals surface area (Å²) in [7, 11) is 1.78. The van der Waals surface area contributed by atoms with Crippen molar-refractivity contribution in [3.05, 3.63) is 70.4 Å². The number of rotatable bonds is 6. The van der Waals surface area contributed by atoms with Crippen molar-refractivity contribution >= 4 is 17.2 Å². The first-order valence-corrected chi connectivity index (χ1v) is 13.1. The average Bonchev–Trinajstić information content (AvgIpc) is 3.51. The van der Waals surface area contributed by atoms with Crippen LogP contribution in [0, 0.1) is 11.7 Å². The monoisotopic (exact) mass is 518 g/mol. The van der Waals surface area contributed by atoms with E-state index in [1.54, 1.807) is 35.4 Å². The molecule has 0 spiro atoms. The fraction of sp³-hybridized carbons (Fsp3) is 0.333. The van der Waals surface area contributed by atoms with Gasteiger partial charge in [0.2, 0.25) is 5.88 Å². The molecule has 37 heavy (non-hydrogen) atoms. The van der Waals surface area contributed by atoms with E-state index in [9.17, 15) is 9.18 Å². The second-order valence-electron chi connectivity index (χ2n) is 10.3. The van der Waals surface area contributed by atoms with Gasteiger partial charge >= 0.3 is 0 Å². The Bertz CT molecular complexity index is 1460. The zero-order valence-corrected chi connectivity index (χ0v) is 21.6. The molecule has 1 saturated heterocycles. The van der Waals surface area contributed by atoms with Crippen LogP contribution in [0.3, 0.4) is 0 Å². The third-order valence-corrected chi connectivity index (χ3v) is 7.85. The molecule has 1 aliphatic heterocycles. The van der Waals surface area contributed by atoms with Gasteiger partial charge in [-0.3, -0.25) is 9.48 Å². The lowest BCUT2D eigenvalue weighted by atomic mass is 9.68. The van der Waals surface area contributed by atoms with Crippen molar-refractivity contribution in [1.29, 1.82) is 0 Å². The van der Waals surface area contributed by atoms with Crippen molar-refractivity contribution in [2.24, 2.45) is 18.7 Å². The first kappa shape index (κ1) is 23.7. The number of ether oxygens (including phenoxy) is 1. The first-order valence-electron chi connectivity index (χ1n) is 12.1. The number of nitrogens with zero attached hydrogens (tertiary/aromatic N) is 5. The van der Waals surface area contributed by atoms with E-state index in [2.05, 4.69) is 10.1 Å². The molecule has 2 fully saturated rings. The number of carbonyl (C=O) groups is 1. The van der Waals surface area contributed by atoms with Gasteiger partial charge in [-0.05, 0) is 55.8 Å². The Morgan fingerprint density at radius 3 is 2.59 bits per heavy atom. The van der Waals surface area contributed by atoms with Crippen LogP contribution in [0.25, 0.3) is 22.6 Å². The Balaban J connectivity index is 1.16. The van der Waals surface area contributed by atoms with E-state index < -0.39 is 5.54 Å². The van der Waals surface area contributed by atoms with Crippen LogP contribution in [0.15, 0.2) is 53.4 Å². The lowest BCUT2D eigenvalue weighted by Crippen LogP contribution is -2.71. The summed E-state index contributed by atoms with van der Waals surface area (Å²) in [5.41, 5.74) is 11.9. The number of hydrogen-bond donors (Lipinski definition) is 1. The van der Waals surface area contributed by atoms with Crippen LogP contribution < -0.4 is 10.5 Å². The quantitative estimate of drug-likeness (QED) is 0.410. The number of nitrogens with two attached hydrogens (primary N) is 1. The average molecular weight is 519 g/mol. The molecular formula is C27H27FN6O2S. The highest BCUT2D eigenvalue weighted by Crippen LogP contribution is 2.45. The van der Waals surface area contributed by atoms with Crippen molar-refractivity contribution in [3.63, 3.8) is 0 Å². The number of hydrogen-bond acceptors (Lipinski definition) is 7. The van der Waals surface area contributed by atoms with Gasteiger partial charge in [0.15, 0.2) is 0 Å². The number of benzene rings is 1. The summed E-state index contributed by atoms with van der Waals surface area (Å²) < 4.78 is 21.4. The van der Waals surface area contributed by atoms with E-state index in [-0.39, 0.29) is 29.8 Å². The van der Waals surface area contributed by atoms with Crippen molar-refractivity contribution in [2.75, 3.05) is 6.54 Å². The highest BCUT2D eigenvalue weighted by Gasteiger charge is 2.56. The SMILES string of the molecule is Cn1nc(-c2cscn2)cc1C(=O)N1C[C@@H]2[C@H]1C[C@H]2Oc1cc(C(C)(C)N)cc(-c2ccc(F)cc2)n1. The minimum Gasteiger partial charge on any atom is -0.474 e. The summed E-state index contributed by atoms with van der Waals surface area (Å²) in [5.74, 6) is 0.411. The topological polar surface area (TPSA) is 99.2 Å². The molecule has 2 aliphatic rings. The number of piperidine rings is 1. The van der Waals surface area contributed by atoms with Crippen molar-refractivity contribution in [1.82, 2.24) is 24.6 Å². The maximum absolute atomic E-state index is 13.4. The third-order valence-electron chi connectivity index (χ3n) is 7.27. The maximum Gasteiger partial charge on any atom is 0.272 e. The van der Waals surface area contributed by atoms with E-state index >= 15 is 0 Å². The van der Waals surface area contributed by atoms with Gasteiger partial charge in [0.05, 0.1) is 11.2 Å². The number of aromatic nitrogens is 4. The van der Waals surface area contributed by atoms with Crippen LogP contribution in [0.2, 0.25) is 0 Å². The van der Waals surface area contributed by atoms with Crippen molar-refractivity contribution < 1.29 is 13.9 Å². The molecule has 1 aliphatic carbocycles. The summed E-state index contributed by atoms with van der Waals surface area (Å²) in [6.07, 6.45) is 0.702. The van der Waals surface area contributed by atoms with Gasteiger partial charge in [0.1, 0.15) is 29.0 Å². The molecule has 10 heteroatoms. The normalized spacial score (nSPS) is 20.7. The van der Waals surface area contributed by atoms with E-state index in [1.165, 1.54) is 23.5 Å². The van der Waals surface area contributed by atoms with Gasteiger partial charge in [-0.1, -0.05) is 0 Å². The lowest BCUT2D eigenvalue weighted by molar-refractivity contribution is -0.119. The van der Waals surface area contributed by atoms with Crippen LogP contribution in [-0.2, 0) is 12.6 Å². The fourth-order valence-corrected chi connectivity index (χ4v) is 5.52. The minimum atomic E-state index is -0.599. The van der Waals surface area contributed by atoms with E-state index in [0.717, 1.165) is 23.2 Å². The summed E-state index contributed by atoms with van der Waals surface area (Å²) in [6, 6.07) is 12.0. The fourth-order valence-electron chi connectivity index (χ4n) is 4.97. The number of fused-ring (bicyclic) bond motifs is 1. The Morgan fingerprint density at radius 2 is 1.95 bits per heavy atom. The molecular weight excluding hydrogens is 491 g/mol. The second kappa shape index (κ2) is 8.74.